The average Bonchev–Trinajstić information content (AvgIpc) is 2.37. The number of nitrogens with two attached hydrogens (primary N) is 1. The van der Waals surface area contributed by atoms with E-state index in [4.69, 9.17) is 13.6 Å². The standard InChI is InChI=1S/C7H14BN/c8-7(5-9)6-3-1-2-4-6/h6-7H,1-5,9H2. The Kier molecular flexibility index (Phi) is 2.58. The Hall–Kier alpha value is 0.0249. The van der Waals surface area contributed by atoms with Crippen molar-refractivity contribution in [1.82, 2.24) is 0 Å². The third-order valence-corrected chi connectivity index (χ3v) is 2.28. The molecule has 0 spiro atoms. The third-order valence-electron chi connectivity index (χ3n) is 2.28. The minimum Gasteiger partial charge on any atom is -0.331 e. The molecule has 2 N–H and O–H groups in total. The molecule has 1 atom stereocenters. The summed E-state index contributed by atoms with van der Waals surface area (Å²) in [4.78, 5) is 0. The van der Waals surface area contributed by atoms with E-state index in [-0.39, 0.29) is 5.82 Å². The normalized spacial score (nSPS) is 24.6. The summed E-state index contributed by atoms with van der Waals surface area (Å²) in [5.74, 6) is 1.00. The molecule has 0 aromatic carbocycles. The van der Waals surface area contributed by atoms with Crippen LogP contribution in [0.2, 0.25) is 5.82 Å². The van der Waals surface area contributed by atoms with Crippen molar-refractivity contribution in [1.29, 1.82) is 0 Å². The summed E-state index contributed by atoms with van der Waals surface area (Å²) in [6.45, 7) is 0.657. The molecule has 0 aromatic rings. The third kappa shape index (κ3) is 1.72. The topological polar surface area (TPSA) is 26.0 Å². The first-order chi connectivity index (χ1) is 4.34. The van der Waals surface area contributed by atoms with Crippen LogP contribution in [0.5, 0.6) is 0 Å². The molecule has 0 heterocycles. The lowest BCUT2D eigenvalue weighted by Crippen LogP contribution is -2.15. The van der Waals surface area contributed by atoms with Crippen molar-refractivity contribution >= 4 is 7.85 Å². The fraction of sp³-hybridized carbons (Fsp3) is 1.00. The SMILES string of the molecule is [B]C(CN)C1CCCC1. The van der Waals surface area contributed by atoms with Gasteiger partial charge < -0.3 is 5.73 Å². The molecule has 0 amide bonds. The highest BCUT2D eigenvalue weighted by atomic mass is 14.5. The first-order valence-corrected chi connectivity index (χ1v) is 3.80. The fourth-order valence-electron chi connectivity index (χ4n) is 1.58. The molecule has 1 nitrogen and oxygen atoms in total. The monoisotopic (exact) mass is 123 g/mol. The summed E-state index contributed by atoms with van der Waals surface area (Å²) in [6.07, 6.45) is 5.33. The van der Waals surface area contributed by atoms with Gasteiger partial charge in [0, 0.05) is 0 Å². The van der Waals surface area contributed by atoms with Crippen LogP contribution in [0.25, 0.3) is 0 Å². The maximum Gasteiger partial charge on any atom is 0.0720 e. The molecule has 1 rings (SSSR count). The molecule has 0 saturated heterocycles. The van der Waals surface area contributed by atoms with Crippen molar-refractivity contribution in [2.24, 2.45) is 11.7 Å². The van der Waals surface area contributed by atoms with Gasteiger partial charge in [-0.1, -0.05) is 31.5 Å². The van der Waals surface area contributed by atoms with Gasteiger partial charge in [-0.05, 0) is 12.5 Å². The zero-order valence-electron chi connectivity index (χ0n) is 5.84. The Bertz CT molecular complexity index is 79.0. The molecular formula is C7H14BN. The highest BCUT2D eigenvalue weighted by Gasteiger charge is 2.19. The van der Waals surface area contributed by atoms with Crippen LogP contribution < -0.4 is 5.73 Å². The van der Waals surface area contributed by atoms with Gasteiger partial charge in [-0.15, -0.1) is 0 Å². The summed E-state index contributed by atoms with van der Waals surface area (Å²) < 4.78 is 0. The van der Waals surface area contributed by atoms with E-state index in [1.54, 1.807) is 0 Å². The fourth-order valence-corrected chi connectivity index (χ4v) is 1.58. The van der Waals surface area contributed by atoms with Crippen LogP contribution >= 0.6 is 0 Å². The van der Waals surface area contributed by atoms with Gasteiger partial charge in [-0.2, -0.15) is 0 Å². The minimum atomic E-state index is 0.271. The molecule has 1 aliphatic carbocycles. The van der Waals surface area contributed by atoms with E-state index in [0.717, 1.165) is 5.92 Å². The highest BCUT2D eigenvalue weighted by Crippen LogP contribution is 2.32. The van der Waals surface area contributed by atoms with E-state index < -0.39 is 0 Å². The van der Waals surface area contributed by atoms with E-state index in [2.05, 4.69) is 0 Å². The molecule has 1 saturated carbocycles. The number of hydrogen-bond donors (Lipinski definition) is 1. The van der Waals surface area contributed by atoms with E-state index >= 15 is 0 Å². The Morgan fingerprint density at radius 2 is 2.00 bits per heavy atom. The van der Waals surface area contributed by atoms with Crippen LogP contribution in [0.4, 0.5) is 0 Å². The first kappa shape index (κ1) is 7.14. The largest absolute Gasteiger partial charge is 0.331 e. The Labute approximate surface area is 58.4 Å². The lowest BCUT2D eigenvalue weighted by molar-refractivity contribution is 0.511. The van der Waals surface area contributed by atoms with Crippen LogP contribution in [0.15, 0.2) is 0 Å². The van der Waals surface area contributed by atoms with E-state index in [9.17, 15) is 0 Å². The molecule has 1 aliphatic rings. The molecule has 2 radical (unpaired) electrons. The molecule has 0 aliphatic heterocycles. The molecule has 0 aromatic heterocycles. The average molecular weight is 123 g/mol. The Balaban J connectivity index is 2.24. The zero-order valence-corrected chi connectivity index (χ0v) is 5.84. The zero-order chi connectivity index (χ0) is 6.69. The summed E-state index contributed by atoms with van der Waals surface area (Å²) in [5.41, 5.74) is 5.43. The molecule has 1 unspecified atom stereocenters. The van der Waals surface area contributed by atoms with Crippen LogP contribution in [-0.4, -0.2) is 14.4 Å². The van der Waals surface area contributed by atoms with Crippen molar-refractivity contribution in [2.75, 3.05) is 6.54 Å². The van der Waals surface area contributed by atoms with Crippen LogP contribution in [0, 0.1) is 5.92 Å². The lowest BCUT2D eigenvalue weighted by Gasteiger charge is -2.15. The second-order valence-corrected chi connectivity index (χ2v) is 2.94. The highest BCUT2D eigenvalue weighted by molar-refractivity contribution is 6.12. The van der Waals surface area contributed by atoms with E-state index in [1.807, 2.05) is 0 Å². The molecular weight excluding hydrogens is 109 g/mol. The van der Waals surface area contributed by atoms with Gasteiger partial charge in [0.1, 0.15) is 0 Å². The van der Waals surface area contributed by atoms with Crippen molar-refractivity contribution in [3.63, 3.8) is 0 Å². The molecule has 1 fully saturated rings. The van der Waals surface area contributed by atoms with Crippen molar-refractivity contribution in [3.8, 4) is 0 Å². The van der Waals surface area contributed by atoms with Crippen LogP contribution in [0.1, 0.15) is 25.7 Å². The summed E-state index contributed by atoms with van der Waals surface area (Å²) in [7, 11) is 5.75. The van der Waals surface area contributed by atoms with Crippen molar-refractivity contribution < 1.29 is 0 Å². The predicted molar refractivity (Wildman–Crippen MR) is 40.5 cm³/mol. The van der Waals surface area contributed by atoms with Gasteiger partial charge in [0.15, 0.2) is 0 Å². The predicted octanol–water partition coefficient (Wildman–Crippen LogP) is 1.09. The maximum absolute atomic E-state index is 5.75. The summed E-state index contributed by atoms with van der Waals surface area (Å²) >= 11 is 0. The number of rotatable bonds is 2. The van der Waals surface area contributed by atoms with Crippen molar-refractivity contribution in [3.05, 3.63) is 0 Å². The van der Waals surface area contributed by atoms with Gasteiger partial charge in [0.2, 0.25) is 0 Å². The second-order valence-electron chi connectivity index (χ2n) is 2.94. The minimum absolute atomic E-state index is 0.271. The molecule has 9 heavy (non-hydrogen) atoms. The van der Waals surface area contributed by atoms with E-state index in [0.29, 0.717) is 6.54 Å². The first-order valence-electron chi connectivity index (χ1n) is 3.80. The van der Waals surface area contributed by atoms with Gasteiger partial charge in [-0.25, -0.2) is 0 Å². The van der Waals surface area contributed by atoms with Gasteiger partial charge in [-0.3, -0.25) is 0 Å². The molecule has 50 valence electrons. The summed E-state index contributed by atoms with van der Waals surface area (Å²) in [6, 6.07) is 0. The van der Waals surface area contributed by atoms with Crippen LogP contribution in [-0.2, 0) is 0 Å². The quantitative estimate of drug-likeness (QED) is 0.546. The molecule has 0 bridgehead atoms. The Morgan fingerprint density at radius 1 is 1.44 bits per heavy atom. The number of hydrogen-bond acceptors (Lipinski definition) is 1. The van der Waals surface area contributed by atoms with Crippen LogP contribution in [0.3, 0.4) is 0 Å². The molecule has 2 heteroatoms. The van der Waals surface area contributed by atoms with Crippen molar-refractivity contribution in [2.45, 2.75) is 31.5 Å². The smallest absolute Gasteiger partial charge is 0.0720 e. The summed E-state index contributed by atoms with van der Waals surface area (Å²) in [5, 5.41) is 0. The maximum atomic E-state index is 5.75. The van der Waals surface area contributed by atoms with E-state index in [1.165, 1.54) is 25.7 Å². The lowest BCUT2D eigenvalue weighted by atomic mass is 9.76. The van der Waals surface area contributed by atoms with Gasteiger partial charge in [0.05, 0.1) is 7.85 Å². The second kappa shape index (κ2) is 3.26. The Morgan fingerprint density at radius 3 is 2.44 bits per heavy atom. The van der Waals surface area contributed by atoms with Gasteiger partial charge in [0.25, 0.3) is 0 Å². The van der Waals surface area contributed by atoms with Gasteiger partial charge >= 0.3 is 0 Å².